The number of thiophene rings is 1. The van der Waals surface area contributed by atoms with Crippen LogP contribution in [-0.4, -0.2) is 13.0 Å². The van der Waals surface area contributed by atoms with Crippen molar-refractivity contribution in [3.63, 3.8) is 0 Å². The Morgan fingerprint density at radius 2 is 2.15 bits per heavy atom. The third-order valence-corrected chi connectivity index (χ3v) is 3.56. The van der Waals surface area contributed by atoms with E-state index in [0.29, 0.717) is 12.1 Å². The number of benzene rings is 1. The molecule has 1 amide bonds. The number of nitrogens with one attached hydrogen (secondary N) is 2. The molecule has 5 heteroatoms. The van der Waals surface area contributed by atoms with Crippen molar-refractivity contribution in [1.82, 2.24) is 10.9 Å². The Balaban J connectivity index is 1.86. The lowest BCUT2D eigenvalue weighted by molar-refractivity contribution is -0.121. The molecule has 1 heterocycles. The highest BCUT2D eigenvalue weighted by atomic mass is 32.1. The third kappa shape index (κ3) is 3.86. The van der Waals surface area contributed by atoms with Crippen LogP contribution in [0.3, 0.4) is 0 Å². The molecule has 2 aromatic rings. The predicted octanol–water partition coefficient (Wildman–Crippen LogP) is 2.59. The molecule has 0 saturated heterocycles. The van der Waals surface area contributed by atoms with Gasteiger partial charge in [-0.25, -0.2) is 0 Å². The zero-order chi connectivity index (χ0) is 14.4. The lowest BCUT2D eigenvalue weighted by atomic mass is 10.2. The summed E-state index contributed by atoms with van der Waals surface area (Å²) in [6.07, 6.45) is 0.357. The second-order valence-electron chi connectivity index (χ2n) is 4.14. The van der Waals surface area contributed by atoms with Crippen LogP contribution < -0.4 is 15.6 Å². The van der Waals surface area contributed by atoms with E-state index < -0.39 is 0 Å². The van der Waals surface area contributed by atoms with Gasteiger partial charge in [-0.3, -0.25) is 15.6 Å². The van der Waals surface area contributed by atoms with Gasteiger partial charge in [-0.15, -0.1) is 11.3 Å². The van der Waals surface area contributed by atoms with E-state index in [4.69, 9.17) is 4.74 Å². The van der Waals surface area contributed by atoms with Gasteiger partial charge in [0.15, 0.2) is 0 Å². The van der Waals surface area contributed by atoms with Crippen molar-refractivity contribution in [2.45, 2.75) is 6.42 Å². The van der Waals surface area contributed by atoms with Gasteiger partial charge in [0.05, 0.1) is 19.2 Å². The first kappa shape index (κ1) is 14.1. The molecule has 0 radical (unpaired) electrons. The molecule has 0 aliphatic heterocycles. The van der Waals surface area contributed by atoms with Gasteiger partial charge in [-0.1, -0.05) is 24.8 Å². The molecule has 104 valence electrons. The molecule has 4 nitrogen and oxygen atoms in total. The van der Waals surface area contributed by atoms with Gasteiger partial charge >= 0.3 is 0 Å². The molecule has 20 heavy (non-hydrogen) atoms. The number of hydrogen-bond acceptors (Lipinski definition) is 4. The van der Waals surface area contributed by atoms with Crippen LogP contribution >= 0.6 is 11.3 Å². The first-order valence-corrected chi connectivity index (χ1v) is 6.97. The van der Waals surface area contributed by atoms with Crippen molar-refractivity contribution < 1.29 is 9.53 Å². The van der Waals surface area contributed by atoms with Crippen molar-refractivity contribution in [2.75, 3.05) is 7.11 Å². The van der Waals surface area contributed by atoms with E-state index in [9.17, 15) is 4.79 Å². The van der Waals surface area contributed by atoms with Gasteiger partial charge in [-0.05, 0) is 23.6 Å². The fourth-order valence-corrected chi connectivity index (χ4v) is 2.35. The summed E-state index contributed by atoms with van der Waals surface area (Å²) in [6.45, 7) is 3.89. The Bertz CT molecular complexity index is 594. The molecule has 1 aromatic carbocycles. The SMILES string of the molecule is C=C(NNC(=O)Cc1cccs1)c1cccc(OC)c1. The molecule has 0 bridgehead atoms. The Kier molecular flexibility index (Phi) is 4.79. The summed E-state index contributed by atoms with van der Waals surface area (Å²) < 4.78 is 5.15. The van der Waals surface area contributed by atoms with Gasteiger partial charge in [0, 0.05) is 10.4 Å². The van der Waals surface area contributed by atoms with Gasteiger partial charge in [-0.2, -0.15) is 0 Å². The minimum Gasteiger partial charge on any atom is -0.497 e. The lowest BCUT2D eigenvalue weighted by Gasteiger charge is -2.11. The molecule has 0 spiro atoms. The highest BCUT2D eigenvalue weighted by Crippen LogP contribution is 2.16. The monoisotopic (exact) mass is 288 g/mol. The third-order valence-electron chi connectivity index (χ3n) is 2.69. The van der Waals surface area contributed by atoms with Crippen LogP contribution in [0.2, 0.25) is 0 Å². The van der Waals surface area contributed by atoms with Crippen LogP contribution in [0.4, 0.5) is 0 Å². The lowest BCUT2D eigenvalue weighted by Crippen LogP contribution is -2.36. The number of hydrogen-bond donors (Lipinski definition) is 2. The van der Waals surface area contributed by atoms with Crippen LogP contribution in [0, 0.1) is 0 Å². The summed E-state index contributed by atoms with van der Waals surface area (Å²) in [5, 5.41) is 1.95. The zero-order valence-corrected chi connectivity index (χ0v) is 12.0. The van der Waals surface area contributed by atoms with Gasteiger partial charge in [0.1, 0.15) is 5.75 Å². The summed E-state index contributed by atoms with van der Waals surface area (Å²) in [7, 11) is 1.61. The van der Waals surface area contributed by atoms with Crippen molar-refractivity contribution in [1.29, 1.82) is 0 Å². The maximum atomic E-state index is 11.7. The summed E-state index contributed by atoms with van der Waals surface area (Å²) in [6, 6.07) is 11.3. The van der Waals surface area contributed by atoms with Crippen LogP contribution in [0.5, 0.6) is 5.75 Å². The number of carbonyl (C=O) groups is 1. The summed E-state index contributed by atoms with van der Waals surface area (Å²) >= 11 is 1.56. The number of carbonyl (C=O) groups excluding carboxylic acids is 1. The number of ether oxygens (including phenoxy) is 1. The molecule has 0 aliphatic rings. The average Bonchev–Trinajstić information content (AvgIpc) is 2.97. The molecule has 2 N–H and O–H groups in total. The van der Waals surface area contributed by atoms with Crippen LogP contribution in [0.25, 0.3) is 5.70 Å². The average molecular weight is 288 g/mol. The van der Waals surface area contributed by atoms with Crippen molar-refractivity contribution in [3.8, 4) is 5.75 Å². The first-order valence-electron chi connectivity index (χ1n) is 6.09. The number of methoxy groups -OCH3 is 1. The molecular formula is C15H16N2O2S. The number of amides is 1. The van der Waals surface area contributed by atoms with E-state index >= 15 is 0 Å². The smallest absolute Gasteiger partial charge is 0.243 e. The van der Waals surface area contributed by atoms with E-state index in [1.807, 2.05) is 41.8 Å². The standard InChI is InChI=1S/C15H16N2O2S/c1-11(12-5-3-6-13(9-12)19-2)16-17-15(18)10-14-7-4-8-20-14/h3-9,16H,1,10H2,2H3,(H,17,18). The van der Waals surface area contributed by atoms with E-state index in [2.05, 4.69) is 17.4 Å². The Labute approximate surface area is 122 Å². The molecule has 0 atom stereocenters. The summed E-state index contributed by atoms with van der Waals surface area (Å²) in [5.74, 6) is 0.645. The van der Waals surface area contributed by atoms with Gasteiger partial charge < -0.3 is 4.74 Å². The maximum absolute atomic E-state index is 11.7. The Hall–Kier alpha value is -2.27. The summed E-state index contributed by atoms with van der Waals surface area (Å²) in [5.41, 5.74) is 6.93. The molecule has 1 aromatic heterocycles. The topological polar surface area (TPSA) is 50.4 Å². The largest absolute Gasteiger partial charge is 0.497 e. The van der Waals surface area contributed by atoms with Crippen molar-refractivity contribution in [2.24, 2.45) is 0 Å². The van der Waals surface area contributed by atoms with Crippen molar-refractivity contribution >= 4 is 22.9 Å². The second-order valence-corrected chi connectivity index (χ2v) is 5.17. The van der Waals surface area contributed by atoms with Gasteiger partial charge in [0.25, 0.3) is 0 Å². The minimum absolute atomic E-state index is 0.100. The van der Waals surface area contributed by atoms with Gasteiger partial charge in [0.2, 0.25) is 5.91 Å². The quantitative estimate of drug-likeness (QED) is 0.803. The summed E-state index contributed by atoms with van der Waals surface area (Å²) in [4.78, 5) is 12.8. The van der Waals surface area contributed by atoms with Crippen molar-refractivity contribution in [3.05, 3.63) is 58.8 Å². The molecule has 2 rings (SSSR count). The highest BCUT2D eigenvalue weighted by Gasteiger charge is 2.05. The minimum atomic E-state index is -0.100. The number of rotatable bonds is 6. The number of hydrazine groups is 1. The molecular weight excluding hydrogens is 272 g/mol. The van der Waals surface area contributed by atoms with E-state index in [1.54, 1.807) is 18.4 Å². The van der Waals surface area contributed by atoms with E-state index in [0.717, 1.165) is 16.2 Å². The fourth-order valence-electron chi connectivity index (χ4n) is 1.64. The molecule has 0 saturated carbocycles. The van der Waals surface area contributed by atoms with Crippen LogP contribution in [0.1, 0.15) is 10.4 Å². The van der Waals surface area contributed by atoms with E-state index in [-0.39, 0.29) is 5.91 Å². The Morgan fingerprint density at radius 3 is 2.85 bits per heavy atom. The molecule has 0 aliphatic carbocycles. The van der Waals surface area contributed by atoms with E-state index in [1.165, 1.54) is 0 Å². The maximum Gasteiger partial charge on any atom is 0.243 e. The zero-order valence-electron chi connectivity index (χ0n) is 11.2. The molecule has 0 unspecified atom stereocenters. The fraction of sp³-hybridized carbons (Fsp3) is 0.133. The first-order chi connectivity index (χ1) is 9.69. The Morgan fingerprint density at radius 1 is 1.30 bits per heavy atom. The normalized spacial score (nSPS) is 9.85. The second kappa shape index (κ2) is 6.77. The van der Waals surface area contributed by atoms with Crippen LogP contribution in [-0.2, 0) is 11.2 Å². The predicted molar refractivity (Wildman–Crippen MR) is 81.3 cm³/mol. The van der Waals surface area contributed by atoms with Crippen LogP contribution in [0.15, 0.2) is 48.4 Å². The molecule has 0 fully saturated rings. The highest BCUT2D eigenvalue weighted by molar-refractivity contribution is 7.10.